The van der Waals surface area contributed by atoms with E-state index in [2.05, 4.69) is 18.7 Å². The lowest BCUT2D eigenvalue weighted by atomic mass is 9.98. The van der Waals surface area contributed by atoms with Crippen molar-refractivity contribution in [3.63, 3.8) is 0 Å². The molecule has 2 fully saturated rings. The highest BCUT2D eigenvalue weighted by molar-refractivity contribution is 5.15. The quantitative estimate of drug-likeness (QED) is 0.564. The van der Waals surface area contributed by atoms with Crippen LogP contribution in [0.5, 0.6) is 0 Å². The molecule has 2 rings (SSSR count). The van der Waals surface area contributed by atoms with Crippen LogP contribution in [-0.2, 0) is 0 Å². The number of hydrogen-bond acceptors (Lipinski definition) is 1. The van der Waals surface area contributed by atoms with E-state index >= 15 is 0 Å². The molecule has 1 heteroatoms. The summed E-state index contributed by atoms with van der Waals surface area (Å²) in [6.45, 7) is 7.38. The maximum absolute atomic E-state index is 2.68. The summed E-state index contributed by atoms with van der Waals surface area (Å²) in [6.07, 6.45) is 4.29. The van der Waals surface area contributed by atoms with E-state index < -0.39 is 0 Å². The zero-order chi connectivity index (χ0) is 7.19. The molecule has 0 aromatic heterocycles. The molecule has 1 unspecified atom stereocenters. The van der Waals surface area contributed by atoms with E-state index in [0.29, 0.717) is 0 Å². The Morgan fingerprint density at radius 2 is 2.30 bits per heavy atom. The SMILES string of the molecule is CCCN1CCC12C[C@H]2C. The fourth-order valence-electron chi connectivity index (χ4n) is 2.42. The summed E-state index contributed by atoms with van der Waals surface area (Å²) in [5.74, 6) is 1.01. The Hall–Kier alpha value is -0.0400. The topological polar surface area (TPSA) is 3.24 Å². The molecule has 1 aliphatic carbocycles. The minimum Gasteiger partial charge on any atom is -0.297 e. The van der Waals surface area contributed by atoms with Crippen molar-refractivity contribution in [2.45, 2.75) is 38.6 Å². The minimum atomic E-state index is 0.732. The highest BCUT2D eigenvalue weighted by atomic mass is 15.3. The zero-order valence-electron chi connectivity index (χ0n) is 7.06. The van der Waals surface area contributed by atoms with Gasteiger partial charge < -0.3 is 0 Å². The van der Waals surface area contributed by atoms with E-state index in [9.17, 15) is 0 Å². The van der Waals surface area contributed by atoms with E-state index in [0.717, 1.165) is 11.5 Å². The van der Waals surface area contributed by atoms with Gasteiger partial charge >= 0.3 is 0 Å². The van der Waals surface area contributed by atoms with Crippen molar-refractivity contribution in [2.24, 2.45) is 5.92 Å². The third-order valence-corrected chi connectivity index (χ3v) is 3.35. The Labute approximate surface area is 63.4 Å². The Balaban J connectivity index is 1.89. The zero-order valence-corrected chi connectivity index (χ0v) is 7.06. The standard InChI is InChI=1S/C9H17N/c1-3-5-10-6-4-9(10)7-8(9)2/h8H,3-7H2,1-2H3/t8-,9?/m1/s1. The van der Waals surface area contributed by atoms with Gasteiger partial charge in [-0.25, -0.2) is 0 Å². The number of rotatable bonds is 2. The number of likely N-dealkylation sites (tertiary alicyclic amines) is 1. The van der Waals surface area contributed by atoms with Gasteiger partial charge in [0.05, 0.1) is 0 Å². The molecule has 2 aliphatic rings. The maximum atomic E-state index is 2.68. The van der Waals surface area contributed by atoms with Crippen molar-refractivity contribution in [3.05, 3.63) is 0 Å². The fraction of sp³-hybridized carbons (Fsp3) is 1.00. The molecule has 2 atom stereocenters. The summed E-state index contributed by atoms with van der Waals surface area (Å²) in [4.78, 5) is 2.68. The van der Waals surface area contributed by atoms with Crippen molar-refractivity contribution in [2.75, 3.05) is 13.1 Å². The van der Waals surface area contributed by atoms with Crippen LogP contribution in [0.3, 0.4) is 0 Å². The van der Waals surface area contributed by atoms with Crippen LogP contribution in [0, 0.1) is 5.92 Å². The molecule has 0 aromatic rings. The van der Waals surface area contributed by atoms with Gasteiger partial charge in [-0.1, -0.05) is 13.8 Å². The molecule has 0 N–H and O–H groups in total. The van der Waals surface area contributed by atoms with Gasteiger partial charge in [0.15, 0.2) is 0 Å². The second-order valence-corrected chi connectivity index (χ2v) is 3.95. The summed E-state index contributed by atoms with van der Waals surface area (Å²) in [5, 5.41) is 0. The van der Waals surface area contributed by atoms with Gasteiger partial charge in [0.1, 0.15) is 0 Å². The van der Waals surface area contributed by atoms with Gasteiger partial charge in [-0.15, -0.1) is 0 Å². The lowest BCUT2D eigenvalue weighted by Crippen LogP contribution is -2.51. The first-order chi connectivity index (χ1) is 4.79. The average molecular weight is 139 g/mol. The van der Waals surface area contributed by atoms with Crippen LogP contribution in [0.1, 0.15) is 33.1 Å². The molecule has 1 heterocycles. The smallest absolute Gasteiger partial charge is 0.0251 e. The third-order valence-electron chi connectivity index (χ3n) is 3.35. The lowest BCUT2D eigenvalue weighted by molar-refractivity contribution is 0.0583. The number of nitrogens with zero attached hydrogens (tertiary/aromatic N) is 1. The molecule has 0 aromatic carbocycles. The second-order valence-electron chi connectivity index (χ2n) is 3.95. The summed E-state index contributed by atoms with van der Waals surface area (Å²) >= 11 is 0. The van der Waals surface area contributed by atoms with Crippen LogP contribution in [-0.4, -0.2) is 23.5 Å². The van der Waals surface area contributed by atoms with E-state index in [1.54, 1.807) is 0 Å². The molecule has 1 saturated heterocycles. The van der Waals surface area contributed by atoms with Gasteiger partial charge in [0.2, 0.25) is 0 Å². The average Bonchev–Trinajstić information content (AvgIpc) is 2.57. The van der Waals surface area contributed by atoms with Crippen LogP contribution in [0.2, 0.25) is 0 Å². The van der Waals surface area contributed by atoms with Crippen molar-refractivity contribution >= 4 is 0 Å². The summed E-state index contributed by atoms with van der Waals surface area (Å²) in [6, 6.07) is 0. The van der Waals surface area contributed by atoms with Crippen LogP contribution >= 0.6 is 0 Å². The third kappa shape index (κ3) is 0.672. The lowest BCUT2D eigenvalue weighted by Gasteiger charge is -2.42. The first kappa shape index (κ1) is 6.66. The van der Waals surface area contributed by atoms with Gasteiger partial charge in [-0.2, -0.15) is 0 Å². The minimum absolute atomic E-state index is 0.732. The van der Waals surface area contributed by atoms with E-state index in [1.165, 1.54) is 32.4 Å². The van der Waals surface area contributed by atoms with E-state index in [-0.39, 0.29) is 0 Å². The predicted molar refractivity (Wildman–Crippen MR) is 43.0 cm³/mol. The van der Waals surface area contributed by atoms with Crippen LogP contribution in [0.15, 0.2) is 0 Å². The van der Waals surface area contributed by atoms with Crippen LogP contribution < -0.4 is 0 Å². The molecule has 0 amide bonds. The van der Waals surface area contributed by atoms with Gasteiger partial charge in [0.25, 0.3) is 0 Å². The Bertz CT molecular complexity index is 140. The van der Waals surface area contributed by atoms with Crippen molar-refractivity contribution in [1.29, 1.82) is 0 Å². The highest BCUT2D eigenvalue weighted by Crippen LogP contribution is 2.56. The monoisotopic (exact) mass is 139 g/mol. The molecule has 1 saturated carbocycles. The molecular weight excluding hydrogens is 122 g/mol. The molecular formula is C9H17N. The van der Waals surface area contributed by atoms with Crippen molar-refractivity contribution < 1.29 is 0 Å². The normalized spacial score (nSPS) is 45.6. The molecule has 0 radical (unpaired) electrons. The molecule has 1 aliphatic heterocycles. The van der Waals surface area contributed by atoms with Crippen molar-refractivity contribution in [1.82, 2.24) is 4.90 Å². The largest absolute Gasteiger partial charge is 0.297 e. The Morgan fingerprint density at radius 3 is 2.60 bits per heavy atom. The van der Waals surface area contributed by atoms with Crippen LogP contribution in [0.25, 0.3) is 0 Å². The Morgan fingerprint density at radius 1 is 1.60 bits per heavy atom. The number of hydrogen-bond donors (Lipinski definition) is 0. The molecule has 1 nitrogen and oxygen atoms in total. The Kier molecular flexibility index (Phi) is 1.31. The van der Waals surface area contributed by atoms with Gasteiger partial charge in [0, 0.05) is 12.1 Å². The first-order valence-electron chi connectivity index (χ1n) is 4.54. The first-order valence-corrected chi connectivity index (χ1v) is 4.54. The highest BCUT2D eigenvalue weighted by Gasteiger charge is 2.59. The summed E-state index contributed by atoms with van der Waals surface area (Å²) < 4.78 is 0. The van der Waals surface area contributed by atoms with Gasteiger partial charge in [-0.05, 0) is 31.7 Å². The van der Waals surface area contributed by atoms with Crippen molar-refractivity contribution in [3.8, 4) is 0 Å². The van der Waals surface area contributed by atoms with E-state index in [4.69, 9.17) is 0 Å². The maximum Gasteiger partial charge on any atom is 0.0251 e. The van der Waals surface area contributed by atoms with E-state index in [1.807, 2.05) is 0 Å². The molecule has 0 bridgehead atoms. The second kappa shape index (κ2) is 1.97. The van der Waals surface area contributed by atoms with Crippen LogP contribution in [0.4, 0.5) is 0 Å². The van der Waals surface area contributed by atoms with Gasteiger partial charge in [-0.3, -0.25) is 4.90 Å². The molecule has 1 spiro atoms. The summed E-state index contributed by atoms with van der Waals surface area (Å²) in [5.41, 5.74) is 0.732. The predicted octanol–water partition coefficient (Wildman–Crippen LogP) is 1.88. The summed E-state index contributed by atoms with van der Waals surface area (Å²) in [7, 11) is 0. The fourth-order valence-corrected chi connectivity index (χ4v) is 2.42. The molecule has 58 valence electrons. The molecule has 10 heavy (non-hydrogen) atoms.